The highest BCUT2D eigenvalue weighted by Crippen LogP contribution is 2.37. The molecular weight excluding hydrogens is 225 g/mol. The van der Waals surface area contributed by atoms with E-state index in [1.54, 1.807) is 0 Å². The standard InChI is InChI=1S/C9H11ClFNO3/c1-15-6-2-5(14)7(4(12)3-13)9(11)8(6)10/h2,4,13-14H,3,12H2,1H3. The van der Waals surface area contributed by atoms with E-state index in [0.717, 1.165) is 6.07 Å². The quantitative estimate of drug-likeness (QED) is 0.736. The highest BCUT2D eigenvalue weighted by molar-refractivity contribution is 6.32. The van der Waals surface area contributed by atoms with Crippen molar-refractivity contribution < 1.29 is 19.3 Å². The minimum absolute atomic E-state index is 0.0144. The highest BCUT2D eigenvalue weighted by atomic mass is 35.5. The van der Waals surface area contributed by atoms with Crippen LogP contribution in [-0.4, -0.2) is 23.9 Å². The molecule has 84 valence electrons. The number of aliphatic hydroxyl groups is 1. The van der Waals surface area contributed by atoms with E-state index in [-0.39, 0.29) is 16.3 Å². The molecule has 1 aromatic carbocycles. The monoisotopic (exact) mass is 235 g/mol. The molecule has 1 aromatic rings. The maximum absolute atomic E-state index is 13.6. The Balaban J connectivity index is 3.35. The second-order valence-electron chi connectivity index (χ2n) is 2.93. The summed E-state index contributed by atoms with van der Waals surface area (Å²) in [6.45, 7) is -0.493. The van der Waals surface area contributed by atoms with Crippen molar-refractivity contribution in [3.05, 3.63) is 22.5 Å². The summed E-state index contributed by atoms with van der Waals surface area (Å²) in [6, 6.07) is 0.129. The molecule has 15 heavy (non-hydrogen) atoms. The second kappa shape index (κ2) is 4.65. The zero-order valence-corrected chi connectivity index (χ0v) is 8.75. The SMILES string of the molecule is COc1cc(O)c(C(N)CO)c(F)c1Cl. The van der Waals surface area contributed by atoms with Crippen molar-refractivity contribution in [3.8, 4) is 11.5 Å². The van der Waals surface area contributed by atoms with Crippen LogP contribution in [0.2, 0.25) is 5.02 Å². The lowest BCUT2D eigenvalue weighted by Gasteiger charge is -2.14. The molecule has 4 nitrogen and oxygen atoms in total. The summed E-state index contributed by atoms with van der Waals surface area (Å²) in [6.07, 6.45) is 0. The fraction of sp³-hybridized carbons (Fsp3) is 0.333. The molecule has 0 radical (unpaired) electrons. The van der Waals surface area contributed by atoms with E-state index < -0.39 is 24.2 Å². The van der Waals surface area contributed by atoms with Gasteiger partial charge < -0.3 is 20.7 Å². The molecule has 0 saturated carbocycles. The predicted molar refractivity (Wildman–Crippen MR) is 53.6 cm³/mol. The van der Waals surface area contributed by atoms with Gasteiger partial charge in [0, 0.05) is 6.07 Å². The predicted octanol–water partition coefficient (Wildman–Crippen LogP) is 1.19. The summed E-state index contributed by atoms with van der Waals surface area (Å²) in [5.41, 5.74) is 5.19. The molecular formula is C9H11ClFNO3. The first-order chi connectivity index (χ1) is 7.02. The van der Waals surface area contributed by atoms with E-state index in [4.69, 9.17) is 27.2 Å². The van der Waals surface area contributed by atoms with E-state index in [9.17, 15) is 9.50 Å². The normalized spacial score (nSPS) is 12.6. The summed E-state index contributed by atoms with van der Waals surface area (Å²) >= 11 is 5.62. The average Bonchev–Trinajstić information content (AvgIpc) is 2.23. The van der Waals surface area contributed by atoms with Crippen LogP contribution in [0.5, 0.6) is 11.5 Å². The molecule has 1 unspecified atom stereocenters. The molecule has 0 heterocycles. The van der Waals surface area contributed by atoms with Gasteiger partial charge in [-0.15, -0.1) is 0 Å². The maximum Gasteiger partial charge on any atom is 0.154 e. The van der Waals surface area contributed by atoms with Crippen LogP contribution in [0.25, 0.3) is 0 Å². The molecule has 0 aliphatic rings. The Kier molecular flexibility index (Phi) is 3.73. The van der Waals surface area contributed by atoms with Crippen molar-refractivity contribution in [2.75, 3.05) is 13.7 Å². The van der Waals surface area contributed by atoms with Gasteiger partial charge in [-0.2, -0.15) is 0 Å². The summed E-state index contributed by atoms with van der Waals surface area (Å²) < 4.78 is 18.3. The van der Waals surface area contributed by atoms with Crippen LogP contribution in [0.3, 0.4) is 0 Å². The second-order valence-corrected chi connectivity index (χ2v) is 3.31. The smallest absolute Gasteiger partial charge is 0.154 e. The molecule has 6 heteroatoms. The Morgan fingerprint density at radius 1 is 1.67 bits per heavy atom. The number of nitrogens with two attached hydrogens (primary N) is 1. The third kappa shape index (κ3) is 2.14. The van der Waals surface area contributed by atoms with Crippen LogP contribution < -0.4 is 10.5 Å². The van der Waals surface area contributed by atoms with E-state index in [1.807, 2.05) is 0 Å². The fourth-order valence-corrected chi connectivity index (χ4v) is 1.43. The first kappa shape index (κ1) is 12.0. The fourth-order valence-electron chi connectivity index (χ4n) is 1.20. The first-order valence-corrected chi connectivity index (χ1v) is 4.52. The molecule has 1 atom stereocenters. The van der Waals surface area contributed by atoms with E-state index >= 15 is 0 Å². The third-order valence-corrected chi connectivity index (χ3v) is 2.33. The number of methoxy groups -OCH3 is 1. The van der Waals surface area contributed by atoms with Gasteiger partial charge in [-0.3, -0.25) is 0 Å². The number of phenols is 1. The number of hydrogen-bond donors (Lipinski definition) is 3. The minimum Gasteiger partial charge on any atom is -0.507 e. The zero-order chi connectivity index (χ0) is 11.6. The van der Waals surface area contributed by atoms with Gasteiger partial charge in [0.05, 0.1) is 25.3 Å². The number of aromatic hydroxyl groups is 1. The van der Waals surface area contributed by atoms with Gasteiger partial charge in [-0.05, 0) is 0 Å². The molecule has 0 amide bonds. The van der Waals surface area contributed by atoms with Gasteiger partial charge in [0.25, 0.3) is 0 Å². The van der Waals surface area contributed by atoms with Crippen LogP contribution in [-0.2, 0) is 0 Å². The van der Waals surface area contributed by atoms with Crippen LogP contribution in [0.4, 0.5) is 4.39 Å². The lowest BCUT2D eigenvalue weighted by molar-refractivity contribution is 0.261. The molecule has 0 fully saturated rings. The van der Waals surface area contributed by atoms with E-state index in [0.29, 0.717) is 0 Å². The van der Waals surface area contributed by atoms with Gasteiger partial charge in [-0.1, -0.05) is 11.6 Å². The molecule has 0 aliphatic carbocycles. The molecule has 1 rings (SSSR count). The van der Waals surface area contributed by atoms with Crippen molar-refractivity contribution in [2.24, 2.45) is 5.73 Å². The largest absolute Gasteiger partial charge is 0.507 e. The van der Waals surface area contributed by atoms with Gasteiger partial charge in [-0.25, -0.2) is 4.39 Å². The topological polar surface area (TPSA) is 75.7 Å². The number of benzene rings is 1. The summed E-state index contributed by atoms with van der Waals surface area (Å²) in [7, 11) is 1.30. The van der Waals surface area contributed by atoms with Crippen molar-refractivity contribution >= 4 is 11.6 Å². The zero-order valence-electron chi connectivity index (χ0n) is 8.00. The lowest BCUT2D eigenvalue weighted by Crippen LogP contribution is -2.16. The molecule has 0 bridgehead atoms. The van der Waals surface area contributed by atoms with Crippen molar-refractivity contribution in [3.63, 3.8) is 0 Å². The van der Waals surface area contributed by atoms with Gasteiger partial charge in [0.15, 0.2) is 5.82 Å². The first-order valence-electron chi connectivity index (χ1n) is 4.14. The highest BCUT2D eigenvalue weighted by Gasteiger charge is 2.21. The Morgan fingerprint density at radius 3 is 2.73 bits per heavy atom. The number of hydrogen-bond acceptors (Lipinski definition) is 4. The Hall–Kier alpha value is -1.04. The number of halogens is 2. The Bertz CT molecular complexity index is 373. The van der Waals surface area contributed by atoms with Crippen molar-refractivity contribution in [1.82, 2.24) is 0 Å². The molecule has 0 saturated heterocycles. The average molecular weight is 236 g/mol. The summed E-state index contributed by atoms with van der Waals surface area (Å²) in [5.74, 6) is -1.26. The van der Waals surface area contributed by atoms with Gasteiger partial charge in [0.1, 0.15) is 16.5 Å². The van der Waals surface area contributed by atoms with E-state index in [2.05, 4.69) is 0 Å². The third-order valence-electron chi connectivity index (χ3n) is 1.98. The number of ether oxygens (including phenoxy) is 1. The molecule has 0 spiro atoms. The van der Waals surface area contributed by atoms with Gasteiger partial charge >= 0.3 is 0 Å². The Morgan fingerprint density at radius 2 is 2.27 bits per heavy atom. The van der Waals surface area contributed by atoms with Crippen molar-refractivity contribution in [2.45, 2.75) is 6.04 Å². The van der Waals surface area contributed by atoms with Crippen LogP contribution in [0, 0.1) is 5.82 Å². The summed E-state index contributed by atoms with van der Waals surface area (Å²) in [5, 5.41) is 18.0. The lowest BCUT2D eigenvalue weighted by atomic mass is 10.1. The molecule has 4 N–H and O–H groups in total. The van der Waals surface area contributed by atoms with Crippen molar-refractivity contribution in [1.29, 1.82) is 0 Å². The maximum atomic E-state index is 13.6. The van der Waals surface area contributed by atoms with Gasteiger partial charge in [0.2, 0.25) is 0 Å². The molecule has 0 aromatic heterocycles. The van der Waals surface area contributed by atoms with E-state index in [1.165, 1.54) is 7.11 Å². The van der Waals surface area contributed by atoms with Crippen LogP contribution >= 0.6 is 11.6 Å². The number of aliphatic hydroxyl groups excluding tert-OH is 1. The Labute approximate surface area is 91.0 Å². The summed E-state index contributed by atoms with van der Waals surface area (Å²) in [4.78, 5) is 0. The van der Waals surface area contributed by atoms with Crippen LogP contribution in [0.1, 0.15) is 11.6 Å². The molecule has 0 aliphatic heterocycles. The van der Waals surface area contributed by atoms with Crippen LogP contribution in [0.15, 0.2) is 6.07 Å². The number of phenolic OH excluding ortho intramolecular Hbond substituents is 1. The number of rotatable bonds is 3. The minimum atomic E-state index is -1.02.